The summed E-state index contributed by atoms with van der Waals surface area (Å²) in [5, 5.41) is 2.80. The highest BCUT2D eigenvalue weighted by Crippen LogP contribution is 2.19. The van der Waals surface area contributed by atoms with Crippen LogP contribution in [0, 0.1) is 5.92 Å². The van der Waals surface area contributed by atoms with Gasteiger partial charge >= 0.3 is 0 Å². The van der Waals surface area contributed by atoms with Gasteiger partial charge in [0.05, 0.1) is 5.92 Å². The van der Waals surface area contributed by atoms with E-state index in [1.54, 1.807) is 0 Å². The Hall–Kier alpha value is -1.84. The van der Waals surface area contributed by atoms with Crippen LogP contribution in [0.5, 0.6) is 0 Å². The van der Waals surface area contributed by atoms with Crippen molar-refractivity contribution in [3.05, 3.63) is 35.9 Å². The Balaban J connectivity index is 2.08. The lowest BCUT2D eigenvalue weighted by atomic mass is 9.96. The van der Waals surface area contributed by atoms with Crippen LogP contribution in [0.25, 0.3) is 0 Å². The van der Waals surface area contributed by atoms with Gasteiger partial charge in [0, 0.05) is 25.6 Å². The summed E-state index contributed by atoms with van der Waals surface area (Å²) >= 11 is 0. The van der Waals surface area contributed by atoms with Crippen LogP contribution in [0.4, 0.5) is 0 Å². The molecule has 4 nitrogen and oxygen atoms in total. The third-order valence-corrected chi connectivity index (χ3v) is 4.22. The normalized spacial score (nSPS) is 19.7. The highest BCUT2D eigenvalue weighted by Gasteiger charge is 2.30. The van der Waals surface area contributed by atoms with Crippen LogP contribution in [0.2, 0.25) is 0 Å². The minimum atomic E-state index is -0.0830. The molecular weight excluding hydrogens is 264 g/mol. The van der Waals surface area contributed by atoms with Crippen LogP contribution in [-0.2, 0) is 16.1 Å². The fraction of sp³-hybridized carbons (Fsp3) is 0.529. The van der Waals surface area contributed by atoms with Crippen molar-refractivity contribution in [3.8, 4) is 0 Å². The highest BCUT2D eigenvalue weighted by atomic mass is 16.2. The molecule has 4 heteroatoms. The van der Waals surface area contributed by atoms with E-state index in [4.69, 9.17) is 0 Å². The van der Waals surface area contributed by atoms with Crippen molar-refractivity contribution in [2.45, 2.75) is 45.7 Å². The summed E-state index contributed by atoms with van der Waals surface area (Å²) in [6, 6.07) is 10.3. The monoisotopic (exact) mass is 288 g/mol. The smallest absolute Gasteiger partial charge is 0.228 e. The van der Waals surface area contributed by atoms with Gasteiger partial charge in [-0.2, -0.15) is 0 Å². The standard InChI is InChI=1S/C17H24N2O2/c1-3-13(2)19(12-14-7-5-4-6-8-14)17(21)15-9-10-16(20)18-11-15/h4-8,13,15H,3,9-12H2,1-2H3,(H,18,20). The van der Waals surface area contributed by atoms with Crippen molar-refractivity contribution in [2.75, 3.05) is 6.54 Å². The first kappa shape index (κ1) is 15.5. The van der Waals surface area contributed by atoms with Gasteiger partial charge in [0.25, 0.3) is 0 Å². The Morgan fingerprint density at radius 1 is 1.38 bits per heavy atom. The number of amides is 2. The van der Waals surface area contributed by atoms with Gasteiger partial charge in [-0.15, -0.1) is 0 Å². The number of carbonyl (C=O) groups is 2. The topological polar surface area (TPSA) is 49.4 Å². The van der Waals surface area contributed by atoms with Crippen molar-refractivity contribution in [3.63, 3.8) is 0 Å². The fourth-order valence-electron chi connectivity index (χ4n) is 2.63. The lowest BCUT2D eigenvalue weighted by Crippen LogP contribution is -2.47. The number of benzene rings is 1. The maximum Gasteiger partial charge on any atom is 0.228 e. The van der Waals surface area contributed by atoms with E-state index in [1.165, 1.54) is 0 Å². The molecule has 2 atom stereocenters. The van der Waals surface area contributed by atoms with E-state index < -0.39 is 0 Å². The second-order valence-corrected chi connectivity index (χ2v) is 5.75. The van der Waals surface area contributed by atoms with Crippen molar-refractivity contribution >= 4 is 11.8 Å². The molecule has 0 bridgehead atoms. The Bertz CT molecular complexity index is 477. The third-order valence-electron chi connectivity index (χ3n) is 4.22. The van der Waals surface area contributed by atoms with Crippen molar-refractivity contribution in [1.29, 1.82) is 0 Å². The Morgan fingerprint density at radius 2 is 2.10 bits per heavy atom. The maximum absolute atomic E-state index is 12.8. The molecule has 0 radical (unpaired) electrons. The molecule has 2 amide bonds. The zero-order valence-corrected chi connectivity index (χ0v) is 12.8. The summed E-state index contributed by atoms with van der Waals surface area (Å²) in [5.41, 5.74) is 1.14. The maximum atomic E-state index is 12.8. The lowest BCUT2D eigenvalue weighted by Gasteiger charge is -2.33. The van der Waals surface area contributed by atoms with Gasteiger partial charge in [-0.25, -0.2) is 0 Å². The molecule has 1 N–H and O–H groups in total. The number of hydrogen-bond donors (Lipinski definition) is 1. The summed E-state index contributed by atoms with van der Waals surface area (Å²) < 4.78 is 0. The van der Waals surface area contributed by atoms with Gasteiger partial charge in [-0.1, -0.05) is 37.3 Å². The largest absolute Gasteiger partial charge is 0.355 e. The molecule has 0 saturated carbocycles. The van der Waals surface area contributed by atoms with E-state index in [2.05, 4.69) is 19.2 Å². The van der Waals surface area contributed by atoms with Crippen molar-refractivity contribution in [2.24, 2.45) is 5.92 Å². The molecule has 21 heavy (non-hydrogen) atoms. The molecule has 1 fully saturated rings. The predicted octanol–water partition coefficient (Wildman–Crippen LogP) is 2.34. The molecule has 1 aliphatic heterocycles. The molecule has 114 valence electrons. The molecule has 2 unspecified atom stereocenters. The van der Waals surface area contributed by atoms with Crippen LogP contribution in [-0.4, -0.2) is 29.3 Å². The zero-order valence-electron chi connectivity index (χ0n) is 12.8. The number of hydrogen-bond acceptors (Lipinski definition) is 2. The molecule has 0 spiro atoms. The first-order valence-electron chi connectivity index (χ1n) is 7.73. The van der Waals surface area contributed by atoms with Crippen LogP contribution >= 0.6 is 0 Å². The van der Waals surface area contributed by atoms with E-state index in [9.17, 15) is 9.59 Å². The Morgan fingerprint density at radius 3 is 2.67 bits per heavy atom. The van der Waals surface area contributed by atoms with Crippen molar-refractivity contribution < 1.29 is 9.59 Å². The molecule has 1 heterocycles. The summed E-state index contributed by atoms with van der Waals surface area (Å²) in [4.78, 5) is 26.0. The van der Waals surface area contributed by atoms with Gasteiger partial charge < -0.3 is 10.2 Å². The quantitative estimate of drug-likeness (QED) is 0.904. The molecule has 1 aromatic carbocycles. The zero-order chi connectivity index (χ0) is 15.2. The van der Waals surface area contributed by atoms with E-state index in [0.717, 1.165) is 12.0 Å². The fourth-order valence-corrected chi connectivity index (χ4v) is 2.63. The van der Waals surface area contributed by atoms with Crippen LogP contribution in [0.15, 0.2) is 30.3 Å². The summed E-state index contributed by atoms with van der Waals surface area (Å²) in [5.74, 6) is 0.130. The second-order valence-electron chi connectivity index (χ2n) is 5.75. The number of nitrogens with one attached hydrogen (secondary N) is 1. The molecule has 0 aliphatic carbocycles. The highest BCUT2D eigenvalue weighted by molar-refractivity contribution is 5.84. The van der Waals surface area contributed by atoms with E-state index in [-0.39, 0.29) is 23.8 Å². The SMILES string of the molecule is CCC(C)N(Cc1ccccc1)C(=O)C1CCC(=O)NC1. The summed E-state index contributed by atoms with van der Waals surface area (Å²) in [6.07, 6.45) is 2.04. The average Bonchev–Trinajstić information content (AvgIpc) is 2.53. The second kappa shape index (κ2) is 7.25. The van der Waals surface area contributed by atoms with Gasteiger partial charge in [-0.05, 0) is 25.3 Å². The van der Waals surface area contributed by atoms with Crippen LogP contribution in [0.3, 0.4) is 0 Å². The number of piperidine rings is 1. The van der Waals surface area contributed by atoms with Gasteiger partial charge in [0.15, 0.2) is 0 Å². The number of carbonyl (C=O) groups excluding carboxylic acids is 2. The predicted molar refractivity (Wildman–Crippen MR) is 82.5 cm³/mol. The minimum Gasteiger partial charge on any atom is -0.355 e. The van der Waals surface area contributed by atoms with E-state index in [1.807, 2.05) is 35.2 Å². The minimum absolute atomic E-state index is 0.0530. The first-order chi connectivity index (χ1) is 10.1. The van der Waals surface area contributed by atoms with Gasteiger partial charge in [-0.3, -0.25) is 9.59 Å². The van der Waals surface area contributed by atoms with Gasteiger partial charge in [0.1, 0.15) is 0 Å². The van der Waals surface area contributed by atoms with E-state index >= 15 is 0 Å². The Labute approximate surface area is 126 Å². The lowest BCUT2D eigenvalue weighted by molar-refractivity contribution is -0.140. The number of rotatable bonds is 5. The molecule has 0 aromatic heterocycles. The average molecular weight is 288 g/mol. The third kappa shape index (κ3) is 4.06. The Kier molecular flexibility index (Phi) is 5.37. The molecular formula is C17H24N2O2. The van der Waals surface area contributed by atoms with Gasteiger partial charge in [0.2, 0.25) is 11.8 Å². The molecule has 2 rings (SSSR count). The summed E-state index contributed by atoms with van der Waals surface area (Å²) in [7, 11) is 0. The van der Waals surface area contributed by atoms with Crippen molar-refractivity contribution in [1.82, 2.24) is 10.2 Å². The van der Waals surface area contributed by atoms with Crippen LogP contribution < -0.4 is 5.32 Å². The molecule has 1 aliphatic rings. The number of nitrogens with zero attached hydrogens (tertiary/aromatic N) is 1. The van der Waals surface area contributed by atoms with E-state index in [0.29, 0.717) is 25.9 Å². The summed E-state index contributed by atoms with van der Waals surface area (Å²) in [6.45, 7) is 5.29. The van der Waals surface area contributed by atoms with Crippen LogP contribution in [0.1, 0.15) is 38.7 Å². The first-order valence-corrected chi connectivity index (χ1v) is 7.73. The molecule has 1 saturated heterocycles. The molecule has 1 aromatic rings.